The first-order valence-electron chi connectivity index (χ1n) is 4.57. The van der Waals surface area contributed by atoms with Crippen LogP contribution in [0.15, 0.2) is 6.20 Å². The van der Waals surface area contributed by atoms with E-state index in [1.807, 2.05) is 0 Å². The minimum atomic E-state index is -2.84. The molecule has 0 aliphatic rings. The Morgan fingerprint density at radius 2 is 2.18 bits per heavy atom. The van der Waals surface area contributed by atoms with Crippen molar-refractivity contribution in [2.45, 2.75) is 12.8 Å². The molecule has 17 heavy (non-hydrogen) atoms. The molecule has 1 heterocycles. The lowest BCUT2D eigenvalue weighted by atomic mass is 10.1. The highest BCUT2D eigenvalue weighted by Crippen LogP contribution is 2.34. The molecular weight excluding hydrogens is 256 g/mol. The van der Waals surface area contributed by atoms with Crippen LogP contribution in [0.4, 0.5) is 8.78 Å². The molecule has 0 spiro atoms. The molecule has 0 aliphatic heterocycles. The average molecular weight is 266 g/mol. The molecule has 1 aromatic rings. The van der Waals surface area contributed by atoms with E-state index in [1.165, 1.54) is 20.4 Å². The lowest BCUT2D eigenvalue weighted by molar-refractivity contribution is -0.139. The second-order valence-electron chi connectivity index (χ2n) is 3.06. The van der Waals surface area contributed by atoms with Gasteiger partial charge in [0, 0.05) is 5.56 Å². The van der Waals surface area contributed by atoms with Gasteiger partial charge in [0.2, 0.25) is 0 Å². The van der Waals surface area contributed by atoms with Crippen molar-refractivity contribution in [3.05, 3.63) is 22.5 Å². The highest BCUT2D eigenvalue weighted by atomic mass is 35.5. The van der Waals surface area contributed by atoms with Crippen LogP contribution in [-0.2, 0) is 16.0 Å². The Morgan fingerprint density at radius 3 is 2.65 bits per heavy atom. The summed E-state index contributed by atoms with van der Waals surface area (Å²) in [6, 6.07) is 0. The van der Waals surface area contributed by atoms with E-state index >= 15 is 0 Å². The van der Waals surface area contributed by atoms with Gasteiger partial charge >= 0.3 is 5.97 Å². The molecule has 1 rings (SSSR count). The molecule has 0 N–H and O–H groups in total. The van der Waals surface area contributed by atoms with Gasteiger partial charge in [-0.15, -0.1) is 0 Å². The number of hydrogen-bond acceptors (Lipinski definition) is 4. The first-order chi connectivity index (χ1) is 8.01. The maximum atomic E-state index is 12.8. The van der Waals surface area contributed by atoms with Gasteiger partial charge in [0.1, 0.15) is 10.9 Å². The fraction of sp³-hybridized carbons (Fsp3) is 0.400. The second-order valence-corrected chi connectivity index (χ2v) is 3.42. The predicted octanol–water partition coefficient (Wildman–Crippen LogP) is 2.40. The van der Waals surface area contributed by atoms with Crippen LogP contribution in [-0.4, -0.2) is 25.2 Å². The maximum absolute atomic E-state index is 12.8. The summed E-state index contributed by atoms with van der Waals surface area (Å²) in [5.74, 6) is -0.581. The number of rotatable bonds is 4. The minimum Gasteiger partial charge on any atom is -0.495 e. The van der Waals surface area contributed by atoms with Crippen molar-refractivity contribution in [2.75, 3.05) is 14.2 Å². The van der Waals surface area contributed by atoms with E-state index in [9.17, 15) is 13.6 Å². The largest absolute Gasteiger partial charge is 0.495 e. The van der Waals surface area contributed by atoms with Gasteiger partial charge in [-0.1, -0.05) is 11.6 Å². The van der Waals surface area contributed by atoms with E-state index in [2.05, 4.69) is 9.72 Å². The summed E-state index contributed by atoms with van der Waals surface area (Å²) in [4.78, 5) is 14.7. The number of esters is 1. The van der Waals surface area contributed by atoms with Gasteiger partial charge in [0.15, 0.2) is 0 Å². The standard InChI is InChI=1S/C10H10ClF2NO3/c1-16-6-4-14-9(11)8(10(12)13)5(6)3-7(15)17-2/h4,10H,3H2,1-2H3. The monoisotopic (exact) mass is 265 g/mol. The normalized spacial score (nSPS) is 10.5. The number of aromatic nitrogens is 1. The quantitative estimate of drug-likeness (QED) is 0.620. The van der Waals surface area contributed by atoms with Crippen LogP contribution in [0.2, 0.25) is 5.15 Å². The third-order valence-electron chi connectivity index (χ3n) is 2.13. The van der Waals surface area contributed by atoms with Crippen molar-refractivity contribution in [3.63, 3.8) is 0 Å². The van der Waals surface area contributed by atoms with Gasteiger partial charge in [0.05, 0.1) is 32.4 Å². The van der Waals surface area contributed by atoms with Gasteiger partial charge in [0.25, 0.3) is 6.43 Å². The van der Waals surface area contributed by atoms with Crippen LogP contribution in [0.25, 0.3) is 0 Å². The number of ether oxygens (including phenoxy) is 2. The van der Waals surface area contributed by atoms with E-state index in [0.29, 0.717) is 0 Å². The molecule has 0 aliphatic carbocycles. The Labute approximate surface area is 101 Å². The van der Waals surface area contributed by atoms with Crippen molar-refractivity contribution >= 4 is 17.6 Å². The van der Waals surface area contributed by atoms with E-state index in [1.54, 1.807) is 0 Å². The molecule has 7 heteroatoms. The van der Waals surface area contributed by atoms with E-state index in [-0.39, 0.29) is 22.9 Å². The number of alkyl halides is 2. The Bertz CT molecular complexity index is 426. The fourth-order valence-electron chi connectivity index (χ4n) is 1.32. The molecule has 0 saturated carbocycles. The molecule has 4 nitrogen and oxygen atoms in total. The summed E-state index contributed by atoms with van der Waals surface area (Å²) in [5, 5.41) is -0.347. The zero-order chi connectivity index (χ0) is 13.0. The molecule has 0 saturated heterocycles. The van der Waals surface area contributed by atoms with Gasteiger partial charge < -0.3 is 9.47 Å². The highest BCUT2D eigenvalue weighted by molar-refractivity contribution is 6.30. The summed E-state index contributed by atoms with van der Waals surface area (Å²) in [6.07, 6.45) is -2.00. The third-order valence-corrected chi connectivity index (χ3v) is 2.43. The minimum absolute atomic E-state index is 0.00523. The average Bonchev–Trinajstić information content (AvgIpc) is 2.28. The van der Waals surface area contributed by atoms with Crippen molar-refractivity contribution in [1.29, 1.82) is 0 Å². The molecular formula is C10H10ClF2NO3. The lowest BCUT2D eigenvalue weighted by Crippen LogP contribution is -2.10. The second kappa shape index (κ2) is 5.77. The number of carbonyl (C=O) groups is 1. The molecule has 0 amide bonds. The van der Waals surface area contributed by atoms with Gasteiger partial charge in [-0.3, -0.25) is 4.79 Å². The van der Waals surface area contributed by atoms with Crippen molar-refractivity contribution in [2.24, 2.45) is 0 Å². The number of halogens is 3. The van der Waals surface area contributed by atoms with E-state index in [4.69, 9.17) is 16.3 Å². The fourth-order valence-corrected chi connectivity index (χ4v) is 1.56. The van der Waals surface area contributed by atoms with Crippen LogP contribution in [0.3, 0.4) is 0 Å². The molecule has 0 bridgehead atoms. The topological polar surface area (TPSA) is 48.4 Å². The Kier molecular flexibility index (Phi) is 4.62. The maximum Gasteiger partial charge on any atom is 0.310 e. The summed E-state index contributed by atoms with van der Waals surface area (Å²) < 4.78 is 35.0. The third kappa shape index (κ3) is 3.03. The Morgan fingerprint density at radius 1 is 1.53 bits per heavy atom. The van der Waals surface area contributed by atoms with Crippen molar-refractivity contribution in [1.82, 2.24) is 4.98 Å². The molecule has 1 aromatic heterocycles. The molecule has 0 unspecified atom stereocenters. The smallest absolute Gasteiger partial charge is 0.310 e. The van der Waals surface area contributed by atoms with Crippen molar-refractivity contribution < 1.29 is 23.0 Å². The number of hydrogen-bond donors (Lipinski definition) is 0. The Hall–Kier alpha value is -1.43. The van der Waals surface area contributed by atoms with E-state index in [0.717, 1.165) is 0 Å². The number of methoxy groups -OCH3 is 2. The molecule has 0 aromatic carbocycles. The number of pyridine rings is 1. The highest BCUT2D eigenvalue weighted by Gasteiger charge is 2.24. The Balaban J connectivity index is 3.29. The zero-order valence-corrected chi connectivity index (χ0v) is 9.92. The lowest BCUT2D eigenvalue weighted by Gasteiger charge is -2.13. The molecule has 0 radical (unpaired) electrons. The number of nitrogens with zero attached hydrogens (tertiary/aromatic N) is 1. The predicted molar refractivity (Wildman–Crippen MR) is 56.5 cm³/mol. The van der Waals surface area contributed by atoms with E-state index < -0.39 is 18.0 Å². The number of carbonyl (C=O) groups excluding carboxylic acids is 1. The van der Waals surface area contributed by atoms with Crippen molar-refractivity contribution in [3.8, 4) is 5.75 Å². The van der Waals surface area contributed by atoms with Crippen LogP contribution in [0.5, 0.6) is 5.75 Å². The summed E-state index contributed by atoms with van der Waals surface area (Å²) in [5.41, 5.74) is -0.509. The SMILES string of the molecule is COC(=O)Cc1c(OC)cnc(Cl)c1C(F)F. The summed E-state index contributed by atoms with van der Waals surface area (Å²) >= 11 is 5.58. The summed E-state index contributed by atoms with van der Waals surface area (Å²) in [6.45, 7) is 0. The zero-order valence-electron chi connectivity index (χ0n) is 9.17. The van der Waals surface area contributed by atoms with Crippen LogP contribution >= 0.6 is 11.6 Å². The van der Waals surface area contributed by atoms with Gasteiger partial charge in [-0.05, 0) is 0 Å². The van der Waals surface area contributed by atoms with Crippen LogP contribution in [0, 0.1) is 0 Å². The molecule has 0 fully saturated rings. The molecule has 94 valence electrons. The first kappa shape index (κ1) is 13.6. The van der Waals surface area contributed by atoms with Gasteiger partial charge in [-0.2, -0.15) is 0 Å². The molecule has 0 atom stereocenters. The first-order valence-corrected chi connectivity index (χ1v) is 4.95. The van der Waals surface area contributed by atoms with Crippen LogP contribution in [0.1, 0.15) is 17.6 Å². The van der Waals surface area contributed by atoms with Gasteiger partial charge in [-0.25, -0.2) is 13.8 Å². The summed E-state index contributed by atoms with van der Waals surface area (Å²) in [7, 11) is 2.46. The van der Waals surface area contributed by atoms with Crippen LogP contribution < -0.4 is 4.74 Å².